The van der Waals surface area contributed by atoms with E-state index in [2.05, 4.69) is 94.4 Å². The van der Waals surface area contributed by atoms with Gasteiger partial charge in [-0.15, -0.1) is 0 Å². The maximum Gasteiger partial charge on any atom is -0.0116 e. The molecule has 0 aliphatic rings. The van der Waals surface area contributed by atoms with Gasteiger partial charge < -0.3 is 0 Å². The molecule has 0 amide bonds. The predicted octanol–water partition coefficient (Wildman–Crippen LogP) is 4.68. The Balaban J connectivity index is 2.26. The Bertz CT molecular complexity index is 765. The smallest absolute Gasteiger partial charge is 0.0116 e. The lowest BCUT2D eigenvalue weighted by Crippen LogP contribution is -2.23. The van der Waals surface area contributed by atoms with Crippen molar-refractivity contribution in [3.05, 3.63) is 89.0 Å². The first-order chi connectivity index (χ1) is 11.1. The fraction of sp³-hybridized carbons (Fsp3) is 0.182. The maximum absolute atomic E-state index is 2.41. The molecule has 0 saturated carbocycles. The summed E-state index contributed by atoms with van der Waals surface area (Å²) in [5, 5.41) is 4.32. The summed E-state index contributed by atoms with van der Waals surface area (Å²) in [6.07, 6.45) is 0. The van der Waals surface area contributed by atoms with Crippen molar-refractivity contribution in [2.75, 3.05) is 0 Å². The van der Waals surface area contributed by atoms with E-state index in [9.17, 15) is 0 Å². The lowest BCUT2D eigenvalue weighted by molar-refractivity contribution is 1.23. The molecule has 0 aromatic heterocycles. The largest absolute Gasteiger partial charge is 0.0622 e. The van der Waals surface area contributed by atoms with Crippen LogP contribution in [0.15, 0.2) is 66.7 Å². The molecule has 3 rings (SSSR count). The van der Waals surface area contributed by atoms with Crippen molar-refractivity contribution < 1.29 is 0 Å². The van der Waals surface area contributed by atoms with Gasteiger partial charge in [-0.3, -0.25) is 0 Å². The van der Waals surface area contributed by atoms with E-state index in [1.807, 2.05) is 0 Å². The van der Waals surface area contributed by atoms with Crippen molar-refractivity contribution in [1.29, 1.82) is 0 Å². The van der Waals surface area contributed by atoms with E-state index >= 15 is 0 Å². The van der Waals surface area contributed by atoms with Crippen molar-refractivity contribution in [2.45, 2.75) is 27.7 Å². The Morgan fingerprint density at radius 1 is 0.565 bits per heavy atom. The summed E-state index contributed by atoms with van der Waals surface area (Å²) < 4.78 is 0. The van der Waals surface area contributed by atoms with E-state index in [4.69, 9.17) is 0 Å². The summed E-state index contributed by atoms with van der Waals surface area (Å²) in [6.45, 7) is 8.99. The number of aryl methyl sites for hydroxylation is 1. The second-order valence-corrected chi connectivity index (χ2v) is 8.28. The van der Waals surface area contributed by atoms with Crippen molar-refractivity contribution in [2.24, 2.45) is 0 Å². The minimum absolute atomic E-state index is 0.512. The quantitative estimate of drug-likeness (QED) is 0.615. The van der Waals surface area contributed by atoms with Gasteiger partial charge in [-0.2, -0.15) is 0 Å². The molecule has 3 aromatic carbocycles. The molecule has 0 spiro atoms. The lowest BCUT2D eigenvalue weighted by Gasteiger charge is -2.24. The van der Waals surface area contributed by atoms with E-state index in [0.717, 1.165) is 0 Å². The Kier molecular flexibility index (Phi) is 4.64. The van der Waals surface area contributed by atoms with Crippen LogP contribution in [0.3, 0.4) is 0 Å². The molecule has 0 aliphatic heterocycles. The van der Waals surface area contributed by atoms with Gasteiger partial charge in [0.1, 0.15) is 0 Å². The minimum atomic E-state index is -0.512. The van der Waals surface area contributed by atoms with E-state index in [0.29, 0.717) is 0 Å². The first-order valence-electron chi connectivity index (χ1n) is 8.07. The van der Waals surface area contributed by atoms with Crippen LogP contribution in [0.25, 0.3) is 0 Å². The molecule has 1 heteroatoms. The fourth-order valence-corrected chi connectivity index (χ4v) is 5.63. The molecule has 0 aliphatic carbocycles. The predicted molar refractivity (Wildman–Crippen MR) is 104 cm³/mol. The summed E-state index contributed by atoms with van der Waals surface area (Å²) in [7, 11) is -0.512. The molecule has 3 aromatic rings. The van der Waals surface area contributed by atoms with Crippen LogP contribution in [-0.2, 0) is 0 Å². The van der Waals surface area contributed by atoms with Gasteiger partial charge in [0.2, 0.25) is 0 Å². The number of hydrogen-bond acceptors (Lipinski definition) is 0. The normalized spacial score (nSPS) is 11.0. The third-order valence-electron chi connectivity index (χ3n) is 4.72. The molecule has 0 saturated heterocycles. The lowest BCUT2D eigenvalue weighted by atomic mass is 10.00. The first-order valence-corrected chi connectivity index (χ1v) is 9.41. The third kappa shape index (κ3) is 3.09. The van der Waals surface area contributed by atoms with Crippen LogP contribution >= 0.6 is 7.92 Å². The molecule has 0 heterocycles. The highest BCUT2D eigenvalue weighted by atomic mass is 31.1. The van der Waals surface area contributed by atoms with Crippen molar-refractivity contribution >= 4 is 23.8 Å². The highest BCUT2D eigenvalue weighted by Crippen LogP contribution is 2.35. The van der Waals surface area contributed by atoms with Crippen LogP contribution < -0.4 is 15.9 Å². The van der Waals surface area contributed by atoms with Gasteiger partial charge >= 0.3 is 0 Å². The SMILES string of the molecule is Cc1cc(P(c2ccccc2)c2ccccc2)c(C)c(C)c1C. The second kappa shape index (κ2) is 6.69. The molecule has 0 radical (unpaired) electrons. The fourth-order valence-electron chi connectivity index (χ4n) is 3.00. The number of rotatable bonds is 3. The van der Waals surface area contributed by atoms with Gasteiger partial charge in [-0.25, -0.2) is 0 Å². The van der Waals surface area contributed by atoms with Crippen LogP contribution in [0.1, 0.15) is 22.3 Å². The first kappa shape index (κ1) is 16.0. The van der Waals surface area contributed by atoms with E-state index in [1.54, 1.807) is 0 Å². The van der Waals surface area contributed by atoms with E-state index in [1.165, 1.54) is 38.2 Å². The molecule has 0 N–H and O–H groups in total. The minimum Gasteiger partial charge on any atom is -0.0622 e. The Labute approximate surface area is 141 Å². The molecule has 0 bridgehead atoms. The van der Waals surface area contributed by atoms with Crippen molar-refractivity contribution in [3.63, 3.8) is 0 Å². The molecular weight excluding hydrogens is 295 g/mol. The van der Waals surface area contributed by atoms with Gasteiger partial charge in [0.15, 0.2) is 0 Å². The average molecular weight is 318 g/mol. The molecule has 23 heavy (non-hydrogen) atoms. The van der Waals surface area contributed by atoms with Gasteiger partial charge in [0, 0.05) is 0 Å². The van der Waals surface area contributed by atoms with Crippen molar-refractivity contribution in [1.82, 2.24) is 0 Å². The topological polar surface area (TPSA) is 0 Å². The zero-order valence-corrected chi connectivity index (χ0v) is 15.2. The third-order valence-corrected chi connectivity index (χ3v) is 7.30. The van der Waals surface area contributed by atoms with E-state index in [-0.39, 0.29) is 0 Å². The number of benzene rings is 3. The standard InChI is InChI=1S/C22H23P/c1-16-15-22(19(4)18(3)17(16)2)23(20-11-7-5-8-12-20)21-13-9-6-10-14-21/h5-15H,1-4H3. The number of hydrogen-bond donors (Lipinski definition) is 0. The zero-order valence-electron chi connectivity index (χ0n) is 14.3. The van der Waals surface area contributed by atoms with Crippen molar-refractivity contribution in [3.8, 4) is 0 Å². The Morgan fingerprint density at radius 2 is 1.04 bits per heavy atom. The summed E-state index contributed by atoms with van der Waals surface area (Å²) >= 11 is 0. The van der Waals surface area contributed by atoms with Gasteiger partial charge in [0.05, 0.1) is 0 Å². The van der Waals surface area contributed by atoms with Crippen LogP contribution in [0.4, 0.5) is 0 Å². The van der Waals surface area contributed by atoms with E-state index < -0.39 is 7.92 Å². The Hall–Kier alpha value is -1.91. The van der Waals surface area contributed by atoms with Gasteiger partial charge in [-0.1, -0.05) is 66.7 Å². The van der Waals surface area contributed by atoms with Gasteiger partial charge in [-0.05, 0) is 73.8 Å². The van der Waals surface area contributed by atoms with Crippen LogP contribution in [-0.4, -0.2) is 0 Å². The molecular formula is C22H23P. The Morgan fingerprint density at radius 3 is 1.52 bits per heavy atom. The van der Waals surface area contributed by atoms with Crippen LogP contribution in [0.5, 0.6) is 0 Å². The monoisotopic (exact) mass is 318 g/mol. The molecule has 0 unspecified atom stereocenters. The summed E-state index contributed by atoms with van der Waals surface area (Å²) in [6, 6.07) is 24.3. The highest BCUT2D eigenvalue weighted by Gasteiger charge is 2.20. The van der Waals surface area contributed by atoms with Crippen LogP contribution in [0.2, 0.25) is 0 Å². The summed E-state index contributed by atoms with van der Waals surface area (Å²) in [5.41, 5.74) is 5.68. The zero-order chi connectivity index (χ0) is 16.4. The van der Waals surface area contributed by atoms with Crippen LogP contribution in [0, 0.1) is 27.7 Å². The maximum atomic E-state index is 2.41. The summed E-state index contributed by atoms with van der Waals surface area (Å²) in [5.74, 6) is 0. The summed E-state index contributed by atoms with van der Waals surface area (Å²) in [4.78, 5) is 0. The molecule has 116 valence electrons. The van der Waals surface area contributed by atoms with Gasteiger partial charge in [0.25, 0.3) is 0 Å². The molecule has 0 nitrogen and oxygen atoms in total. The molecule has 0 fully saturated rings. The average Bonchev–Trinajstić information content (AvgIpc) is 2.60. The second-order valence-electron chi connectivity index (χ2n) is 6.09. The highest BCUT2D eigenvalue weighted by molar-refractivity contribution is 7.79. The molecule has 0 atom stereocenters.